The molecule has 0 fully saturated rings. The average Bonchev–Trinajstić information content (AvgIpc) is 2.35. The van der Waals surface area contributed by atoms with Crippen LogP contribution in [0.15, 0.2) is 49.1 Å². The largest absolute Gasteiger partial charge is 0.497 e. The molecule has 2 nitrogen and oxygen atoms in total. The number of hydrogen-bond acceptors (Lipinski definition) is 2. The predicted octanol–water partition coefficient (Wildman–Crippen LogP) is 3.72. The fourth-order valence-corrected chi connectivity index (χ4v) is 2.48. The molecule has 3 heteroatoms. The first-order valence-electron chi connectivity index (χ1n) is 5.33. The van der Waals surface area contributed by atoms with E-state index in [9.17, 15) is 0 Å². The number of anilines is 1. The molecule has 0 saturated carbocycles. The van der Waals surface area contributed by atoms with Crippen LogP contribution >= 0.6 is 7.55 Å². The molecule has 0 spiro atoms. The molecular weight excluding hydrogens is 229 g/mol. The van der Waals surface area contributed by atoms with E-state index >= 15 is 0 Å². The van der Waals surface area contributed by atoms with Crippen molar-refractivity contribution in [3.63, 3.8) is 0 Å². The van der Waals surface area contributed by atoms with E-state index in [0.717, 1.165) is 17.0 Å². The van der Waals surface area contributed by atoms with Crippen LogP contribution in [0.1, 0.15) is 0 Å². The zero-order valence-corrected chi connectivity index (χ0v) is 11.3. The maximum atomic E-state index is 5.12. The van der Waals surface area contributed by atoms with Crippen LogP contribution in [0.3, 0.4) is 0 Å². The Morgan fingerprint density at radius 3 is 2.41 bits per heavy atom. The van der Waals surface area contributed by atoms with Crippen LogP contribution in [0.2, 0.25) is 0 Å². The highest BCUT2D eigenvalue weighted by Gasteiger charge is 2.19. The minimum absolute atomic E-state index is 0.163. The van der Waals surface area contributed by atoms with Gasteiger partial charge in [0.2, 0.25) is 5.78 Å². The van der Waals surface area contributed by atoms with Gasteiger partial charge in [-0.3, -0.25) is 0 Å². The molecule has 0 saturated heterocycles. The molecule has 0 amide bonds. The number of methoxy groups -OCH3 is 1. The van der Waals surface area contributed by atoms with Crippen LogP contribution in [0, 0.1) is 0 Å². The lowest BCUT2D eigenvalue weighted by Crippen LogP contribution is -2.16. The molecule has 0 aliphatic heterocycles. The number of rotatable bonds is 6. The van der Waals surface area contributed by atoms with Crippen LogP contribution < -0.4 is 10.1 Å². The van der Waals surface area contributed by atoms with Crippen molar-refractivity contribution in [2.24, 2.45) is 0 Å². The third-order valence-corrected chi connectivity index (χ3v) is 3.79. The molecule has 90 valence electrons. The molecule has 0 radical (unpaired) electrons. The zero-order valence-electron chi connectivity index (χ0n) is 10.4. The lowest BCUT2D eigenvalue weighted by molar-refractivity contribution is 0.415. The Hall–Kier alpha value is -1.53. The summed E-state index contributed by atoms with van der Waals surface area (Å²) in [5.74, 6) is 1.01. The van der Waals surface area contributed by atoms with Gasteiger partial charge >= 0.3 is 0 Å². The second-order valence-corrected chi connectivity index (χ2v) is 5.84. The first-order valence-corrected chi connectivity index (χ1v) is 7.38. The summed E-state index contributed by atoms with van der Waals surface area (Å²) in [7, 11) is 1.25. The van der Waals surface area contributed by atoms with Gasteiger partial charge in [0.1, 0.15) is 13.3 Å². The van der Waals surface area contributed by atoms with E-state index in [1.165, 1.54) is 0 Å². The third-order valence-electron chi connectivity index (χ3n) is 2.45. The number of benzene rings is 1. The van der Waals surface area contributed by atoms with Gasteiger partial charge in [0.15, 0.2) is 0 Å². The fourth-order valence-electron chi connectivity index (χ4n) is 1.44. The molecule has 2 unspecified atom stereocenters. The van der Waals surface area contributed by atoms with Crippen molar-refractivity contribution in [1.29, 1.82) is 0 Å². The van der Waals surface area contributed by atoms with Gasteiger partial charge in [-0.15, -0.1) is 0 Å². The SMILES string of the molecule is C=CC(=C)C(Nc1ccc(OC)cc1)[P+](=C)C. The summed E-state index contributed by atoms with van der Waals surface area (Å²) in [4.78, 5) is 0. The molecule has 0 aliphatic rings. The molecule has 1 aromatic rings. The van der Waals surface area contributed by atoms with Gasteiger partial charge in [0.25, 0.3) is 0 Å². The summed E-state index contributed by atoms with van der Waals surface area (Å²) in [6.45, 7) is 9.87. The first kappa shape index (κ1) is 13.5. The standard InChI is InChI=1S/C14H19NOP/c1-6-11(2)14(17(4)5)15-12-7-9-13(16-3)10-8-12/h6-10,14-15H,1-2,4H2,3,5H3/q+1. The maximum absolute atomic E-state index is 5.12. The van der Waals surface area contributed by atoms with Crippen LogP contribution in [0.4, 0.5) is 5.69 Å². The Morgan fingerprint density at radius 1 is 1.41 bits per heavy atom. The second kappa shape index (κ2) is 6.27. The normalized spacial score (nSPS) is 12.5. The molecule has 1 rings (SSSR count). The van der Waals surface area contributed by atoms with Crippen molar-refractivity contribution < 1.29 is 4.74 Å². The molecule has 0 heterocycles. The van der Waals surface area contributed by atoms with Crippen LogP contribution in [0.5, 0.6) is 5.75 Å². The van der Waals surface area contributed by atoms with Gasteiger partial charge < -0.3 is 10.1 Å². The Morgan fingerprint density at radius 2 is 2.00 bits per heavy atom. The van der Waals surface area contributed by atoms with E-state index in [1.54, 1.807) is 13.2 Å². The van der Waals surface area contributed by atoms with Crippen molar-refractivity contribution in [1.82, 2.24) is 0 Å². The van der Waals surface area contributed by atoms with Crippen LogP contribution in [0.25, 0.3) is 0 Å². The van der Waals surface area contributed by atoms with E-state index in [2.05, 4.69) is 31.4 Å². The Kier molecular flexibility index (Phi) is 4.99. The Balaban J connectivity index is 2.82. The quantitative estimate of drug-likeness (QED) is 0.612. The van der Waals surface area contributed by atoms with Crippen molar-refractivity contribution >= 4 is 19.5 Å². The highest BCUT2D eigenvalue weighted by molar-refractivity contribution is 7.56. The van der Waals surface area contributed by atoms with Crippen molar-refractivity contribution in [3.05, 3.63) is 49.1 Å². The van der Waals surface area contributed by atoms with Gasteiger partial charge in [0, 0.05) is 11.3 Å². The number of nitrogens with one attached hydrogen (secondary N) is 1. The van der Waals surface area contributed by atoms with Gasteiger partial charge in [-0.2, -0.15) is 0 Å². The molecule has 0 bridgehead atoms. The summed E-state index contributed by atoms with van der Waals surface area (Å²) >= 11 is 0. The van der Waals surface area contributed by atoms with E-state index in [1.807, 2.05) is 24.3 Å². The summed E-state index contributed by atoms with van der Waals surface area (Å²) in [6, 6.07) is 7.83. The highest BCUT2D eigenvalue weighted by Crippen LogP contribution is 2.30. The predicted molar refractivity (Wildman–Crippen MR) is 79.7 cm³/mol. The lowest BCUT2D eigenvalue weighted by atomic mass is 10.2. The Labute approximate surface area is 104 Å². The van der Waals surface area contributed by atoms with Crippen LogP contribution in [-0.4, -0.2) is 25.9 Å². The molecule has 1 aromatic carbocycles. The summed E-state index contributed by atoms with van der Waals surface area (Å²) in [5.41, 5.74) is 2.02. The molecule has 1 N–H and O–H groups in total. The van der Waals surface area contributed by atoms with Crippen molar-refractivity contribution in [3.8, 4) is 5.75 Å². The summed E-state index contributed by atoms with van der Waals surface area (Å²) in [5, 5.41) is 3.42. The smallest absolute Gasteiger partial charge is 0.210 e. The van der Waals surface area contributed by atoms with Gasteiger partial charge in [-0.25, -0.2) is 0 Å². The monoisotopic (exact) mass is 248 g/mol. The molecule has 0 aliphatic carbocycles. The molecular formula is C14H19NOP+. The molecule has 0 aromatic heterocycles. The minimum atomic E-state index is -0.407. The van der Waals surface area contributed by atoms with Crippen molar-refractivity contribution in [2.45, 2.75) is 5.78 Å². The molecule has 2 atom stereocenters. The first-order chi connectivity index (χ1) is 8.08. The summed E-state index contributed by atoms with van der Waals surface area (Å²) in [6.07, 6.45) is 5.89. The topological polar surface area (TPSA) is 21.3 Å². The zero-order chi connectivity index (χ0) is 12.8. The second-order valence-electron chi connectivity index (χ2n) is 3.81. The average molecular weight is 248 g/mol. The minimum Gasteiger partial charge on any atom is -0.497 e. The van der Waals surface area contributed by atoms with Gasteiger partial charge in [-0.05, 0) is 24.3 Å². The number of hydrogen-bond donors (Lipinski definition) is 1. The van der Waals surface area contributed by atoms with E-state index in [4.69, 9.17) is 4.74 Å². The van der Waals surface area contributed by atoms with E-state index in [0.29, 0.717) is 0 Å². The maximum Gasteiger partial charge on any atom is 0.210 e. The summed E-state index contributed by atoms with van der Waals surface area (Å²) < 4.78 is 5.12. The van der Waals surface area contributed by atoms with Gasteiger partial charge in [-0.1, -0.05) is 19.2 Å². The van der Waals surface area contributed by atoms with Crippen molar-refractivity contribution in [2.75, 3.05) is 19.1 Å². The van der Waals surface area contributed by atoms with E-state index in [-0.39, 0.29) is 5.78 Å². The van der Waals surface area contributed by atoms with Crippen LogP contribution in [-0.2, 0) is 0 Å². The third kappa shape index (κ3) is 3.76. The van der Waals surface area contributed by atoms with Gasteiger partial charge in [0.05, 0.1) is 20.1 Å². The lowest BCUT2D eigenvalue weighted by Gasteiger charge is -2.13. The molecule has 17 heavy (non-hydrogen) atoms. The number of ether oxygens (including phenoxy) is 1. The highest BCUT2D eigenvalue weighted by atomic mass is 31.1. The Bertz CT molecular complexity index is 422. The fraction of sp³-hybridized carbons (Fsp3) is 0.214. The van der Waals surface area contributed by atoms with E-state index < -0.39 is 7.55 Å².